The van der Waals surface area contributed by atoms with Gasteiger partial charge in [-0.3, -0.25) is 4.79 Å². The maximum absolute atomic E-state index is 11.6. The number of benzene rings is 1. The van der Waals surface area contributed by atoms with E-state index in [-0.39, 0.29) is 17.2 Å². The lowest BCUT2D eigenvalue weighted by Gasteiger charge is -2.23. The minimum absolute atomic E-state index is 0.0300. The summed E-state index contributed by atoms with van der Waals surface area (Å²) in [6.45, 7) is 10.2. The van der Waals surface area contributed by atoms with Crippen LogP contribution in [0.3, 0.4) is 0 Å². The van der Waals surface area contributed by atoms with E-state index in [1.54, 1.807) is 6.07 Å². The van der Waals surface area contributed by atoms with E-state index in [0.717, 1.165) is 5.69 Å². The zero-order valence-electron chi connectivity index (χ0n) is 14.3. The number of nitrogens with one attached hydrogen (secondary N) is 2. The third-order valence-electron chi connectivity index (χ3n) is 3.44. The number of carbonyl (C=O) groups is 1. The van der Waals surface area contributed by atoms with E-state index in [9.17, 15) is 4.79 Å². The summed E-state index contributed by atoms with van der Waals surface area (Å²) in [5, 5.41) is 14.2. The van der Waals surface area contributed by atoms with Gasteiger partial charge in [0.1, 0.15) is 0 Å². The van der Waals surface area contributed by atoms with E-state index in [4.69, 9.17) is 0 Å². The van der Waals surface area contributed by atoms with Gasteiger partial charge in [-0.2, -0.15) is 0 Å². The smallest absolute Gasteiger partial charge is 0.228 e. The second kappa shape index (κ2) is 6.77. The predicted molar refractivity (Wildman–Crippen MR) is 93.9 cm³/mol. The van der Waals surface area contributed by atoms with Crippen LogP contribution in [0.1, 0.15) is 40.2 Å². The molecule has 5 nitrogen and oxygen atoms in total. The van der Waals surface area contributed by atoms with E-state index in [1.165, 1.54) is 5.56 Å². The number of hydrogen-bond acceptors (Lipinski definition) is 4. The van der Waals surface area contributed by atoms with Gasteiger partial charge in [-0.1, -0.05) is 52.8 Å². The summed E-state index contributed by atoms with van der Waals surface area (Å²) in [5.41, 5.74) is 2.25. The van der Waals surface area contributed by atoms with Crippen LogP contribution in [0.25, 0.3) is 0 Å². The number of para-hydroxylation sites is 1. The highest BCUT2D eigenvalue weighted by Gasteiger charge is 2.17. The van der Waals surface area contributed by atoms with Crippen LogP contribution < -0.4 is 10.6 Å². The van der Waals surface area contributed by atoms with E-state index in [2.05, 4.69) is 47.7 Å². The highest BCUT2D eigenvalue weighted by atomic mass is 16.1. The fraction of sp³-hybridized carbons (Fsp3) is 0.389. The molecule has 1 heterocycles. The zero-order valence-corrected chi connectivity index (χ0v) is 14.3. The molecule has 1 amide bonds. The molecule has 0 bridgehead atoms. The summed E-state index contributed by atoms with van der Waals surface area (Å²) < 4.78 is 0. The van der Waals surface area contributed by atoms with Gasteiger partial charge in [0, 0.05) is 11.6 Å². The summed E-state index contributed by atoms with van der Waals surface area (Å²) in [6, 6.07) is 11.7. The summed E-state index contributed by atoms with van der Waals surface area (Å²) >= 11 is 0. The van der Waals surface area contributed by atoms with Gasteiger partial charge in [0.05, 0.1) is 0 Å². The quantitative estimate of drug-likeness (QED) is 0.891. The molecule has 0 atom stereocenters. The Labute approximate surface area is 137 Å². The van der Waals surface area contributed by atoms with Crippen molar-refractivity contribution in [1.82, 2.24) is 10.2 Å². The Morgan fingerprint density at radius 3 is 2.17 bits per heavy atom. The third kappa shape index (κ3) is 4.52. The van der Waals surface area contributed by atoms with Crippen molar-refractivity contribution in [2.45, 2.75) is 40.0 Å². The van der Waals surface area contributed by atoms with Crippen molar-refractivity contribution in [2.75, 3.05) is 10.6 Å². The van der Waals surface area contributed by atoms with Crippen LogP contribution >= 0.6 is 0 Å². The molecule has 122 valence electrons. The number of aromatic nitrogens is 2. The number of carbonyl (C=O) groups excluding carboxylic acids is 1. The highest BCUT2D eigenvalue weighted by Crippen LogP contribution is 2.30. The van der Waals surface area contributed by atoms with Crippen molar-refractivity contribution in [3.8, 4) is 0 Å². The topological polar surface area (TPSA) is 66.9 Å². The summed E-state index contributed by atoms with van der Waals surface area (Å²) in [6.07, 6.45) is 0. The number of nitrogens with zero attached hydrogens (tertiary/aromatic N) is 2. The zero-order chi connectivity index (χ0) is 17.0. The highest BCUT2D eigenvalue weighted by molar-refractivity contribution is 5.91. The third-order valence-corrected chi connectivity index (χ3v) is 3.44. The predicted octanol–water partition coefficient (Wildman–Crippen LogP) is 4.11. The molecule has 0 saturated carbocycles. The molecule has 23 heavy (non-hydrogen) atoms. The van der Waals surface area contributed by atoms with E-state index in [1.807, 2.05) is 38.1 Å². The standard InChI is InChI=1S/C18H24N4O/c1-12(2)17(23)20-16-11-10-15(21-22-16)19-14-9-7-6-8-13(14)18(3,4)5/h6-12H,1-5H3,(H,19,21)(H,20,22,23). The van der Waals surface area contributed by atoms with Crippen LogP contribution in [-0.2, 0) is 10.2 Å². The van der Waals surface area contributed by atoms with Crippen molar-refractivity contribution >= 4 is 23.2 Å². The molecule has 2 rings (SSSR count). The number of hydrogen-bond donors (Lipinski definition) is 2. The van der Waals surface area contributed by atoms with Gasteiger partial charge in [-0.05, 0) is 29.2 Å². The van der Waals surface area contributed by atoms with Gasteiger partial charge >= 0.3 is 0 Å². The Hall–Kier alpha value is -2.43. The van der Waals surface area contributed by atoms with Crippen LogP contribution in [0, 0.1) is 5.92 Å². The molecule has 0 radical (unpaired) electrons. The van der Waals surface area contributed by atoms with Crippen molar-refractivity contribution < 1.29 is 4.79 Å². The van der Waals surface area contributed by atoms with Gasteiger partial charge in [0.25, 0.3) is 0 Å². The molecule has 0 saturated heterocycles. The molecule has 0 aliphatic carbocycles. The monoisotopic (exact) mass is 312 g/mol. The lowest BCUT2D eigenvalue weighted by atomic mass is 9.86. The van der Waals surface area contributed by atoms with E-state index in [0.29, 0.717) is 11.6 Å². The largest absolute Gasteiger partial charge is 0.338 e. The SMILES string of the molecule is CC(C)C(=O)Nc1ccc(Nc2ccccc2C(C)(C)C)nn1. The van der Waals surface area contributed by atoms with Gasteiger partial charge in [-0.25, -0.2) is 0 Å². The Morgan fingerprint density at radius 1 is 1.00 bits per heavy atom. The van der Waals surface area contributed by atoms with Gasteiger partial charge < -0.3 is 10.6 Å². The number of amides is 1. The minimum Gasteiger partial charge on any atom is -0.338 e. The molecule has 0 fully saturated rings. The van der Waals surface area contributed by atoms with Gasteiger partial charge in [0.2, 0.25) is 5.91 Å². The summed E-state index contributed by atoms with van der Waals surface area (Å²) in [4.78, 5) is 11.6. The molecule has 0 spiro atoms. The Balaban J connectivity index is 2.15. The van der Waals surface area contributed by atoms with Crippen LogP contribution in [0.15, 0.2) is 36.4 Å². The number of anilines is 3. The summed E-state index contributed by atoms with van der Waals surface area (Å²) in [5.74, 6) is 0.939. The van der Waals surface area contributed by atoms with Crippen LogP contribution in [-0.4, -0.2) is 16.1 Å². The molecule has 2 aromatic rings. The molecule has 0 unspecified atom stereocenters. The average molecular weight is 312 g/mol. The average Bonchev–Trinajstić information content (AvgIpc) is 2.48. The van der Waals surface area contributed by atoms with Crippen LogP contribution in [0.4, 0.5) is 17.3 Å². The number of rotatable bonds is 4. The fourth-order valence-electron chi connectivity index (χ4n) is 2.12. The molecule has 1 aromatic heterocycles. The Kier molecular flexibility index (Phi) is 4.98. The second-order valence-corrected chi connectivity index (χ2v) is 6.87. The van der Waals surface area contributed by atoms with Crippen molar-refractivity contribution in [1.29, 1.82) is 0 Å². The second-order valence-electron chi connectivity index (χ2n) is 6.87. The fourth-order valence-corrected chi connectivity index (χ4v) is 2.12. The Morgan fingerprint density at radius 2 is 1.61 bits per heavy atom. The van der Waals surface area contributed by atoms with Gasteiger partial charge in [0.15, 0.2) is 11.6 Å². The van der Waals surface area contributed by atoms with Crippen LogP contribution in [0.5, 0.6) is 0 Å². The molecule has 1 aromatic carbocycles. The molecule has 5 heteroatoms. The molecular weight excluding hydrogens is 288 g/mol. The van der Waals surface area contributed by atoms with Crippen LogP contribution in [0.2, 0.25) is 0 Å². The lowest BCUT2D eigenvalue weighted by molar-refractivity contribution is -0.118. The minimum atomic E-state index is -0.0896. The van der Waals surface area contributed by atoms with E-state index >= 15 is 0 Å². The maximum Gasteiger partial charge on any atom is 0.228 e. The Bertz CT molecular complexity index is 672. The first-order valence-electron chi connectivity index (χ1n) is 7.78. The first-order chi connectivity index (χ1) is 10.8. The molecule has 2 N–H and O–H groups in total. The van der Waals surface area contributed by atoms with Gasteiger partial charge in [-0.15, -0.1) is 10.2 Å². The summed E-state index contributed by atoms with van der Waals surface area (Å²) in [7, 11) is 0. The first kappa shape index (κ1) is 16.9. The van der Waals surface area contributed by atoms with Crippen molar-refractivity contribution in [3.05, 3.63) is 42.0 Å². The molecule has 0 aliphatic rings. The van der Waals surface area contributed by atoms with E-state index < -0.39 is 0 Å². The normalized spacial score (nSPS) is 11.4. The lowest BCUT2D eigenvalue weighted by Crippen LogP contribution is -2.18. The van der Waals surface area contributed by atoms with Crippen molar-refractivity contribution in [3.63, 3.8) is 0 Å². The molecule has 0 aliphatic heterocycles. The van der Waals surface area contributed by atoms with Crippen molar-refractivity contribution in [2.24, 2.45) is 5.92 Å². The molecular formula is C18H24N4O. The maximum atomic E-state index is 11.6. The first-order valence-corrected chi connectivity index (χ1v) is 7.78.